The van der Waals surface area contributed by atoms with Crippen molar-refractivity contribution in [1.29, 1.82) is 0 Å². The van der Waals surface area contributed by atoms with Crippen molar-refractivity contribution in [1.82, 2.24) is 5.43 Å². The van der Waals surface area contributed by atoms with Crippen LogP contribution in [0.25, 0.3) is 0 Å². The largest absolute Gasteiger partial charge is 0.492 e. The van der Waals surface area contributed by atoms with Crippen LogP contribution in [0.5, 0.6) is 5.75 Å². The van der Waals surface area contributed by atoms with Gasteiger partial charge in [0.05, 0.1) is 6.04 Å². The number of halogens is 1. The Morgan fingerprint density at radius 3 is 2.93 bits per heavy atom. The molecule has 0 aromatic heterocycles. The minimum absolute atomic E-state index is 0.189. The monoisotopic (exact) mass is 228 g/mol. The van der Waals surface area contributed by atoms with Crippen molar-refractivity contribution in [3.63, 3.8) is 0 Å². The summed E-state index contributed by atoms with van der Waals surface area (Å²) in [7, 11) is 0. The van der Waals surface area contributed by atoms with Gasteiger partial charge in [-0.2, -0.15) is 0 Å². The van der Waals surface area contributed by atoms with Crippen LogP contribution >= 0.6 is 11.6 Å². The highest BCUT2D eigenvalue weighted by Crippen LogP contribution is 2.17. The Kier molecular flexibility index (Phi) is 5.47. The molecule has 3 nitrogen and oxygen atoms in total. The van der Waals surface area contributed by atoms with Crippen molar-refractivity contribution in [3.8, 4) is 5.75 Å². The van der Waals surface area contributed by atoms with E-state index in [1.165, 1.54) is 0 Å². The molecule has 1 atom stereocenters. The Bertz CT molecular complexity index is 294. The summed E-state index contributed by atoms with van der Waals surface area (Å²) in [5.74, 6) is 6.17. The average molecular weight is 229 g/mol. The highest BCUT2D eigenvalue weighted by atomic mass is 35.5. The second-order valence-corrected chi connectivity index (χ2v) is 3.86. The molecule has 0 saturated carbocycles. The summed E-state index contributed by atoms with van der Waals surface area (Å²) < 4.78 is 5.57. The average Bonchev–Trinajstić information content (AvgIpc) is 2.24. The molecule has 3 N–H and O–H groups in total. The highest BCUT2D eigenvalue weighted by Gasteiger charge is 2.05. The van der Waals surface area contributed by atoms with E-state index in [1.807, 2.05) is 18.2 Å². The fourth-order valence-electron chi connectivity index (χ4n) is 1.32. The number of rotatable bonds is 6. The zero-order chi connectivity index (χ0) is 11.1. The maximum Gasteiger partial charge on any atom is 0.120 e. The Labute approximate surface area is 95.5 Å². The molecule has 1 aromatic rings. The molecule has 0 aliphatic heterocycles. The molecular formula is C11H17ClN2O. The van der Waals surface area contributed by atoms with E-state index in [1.54, 1.807) is 6.07 Å². The SMILES string of the molecule is CCCC(COc1cccc(Cl)c1)NN. The van der Waals surface area contributed by atoms with E-state index >= 15 is 0 Å². The lowest BCUT2D eigenvalue weighted by Crippen LogP contribution is -2.39. The second kappa shape index (κ2) is 6.67. The van der Waals surface area contributed by atoms with Gasteiger partial charge in [-0.25, -0.2) is 0 Å². The summed E-state index contributed by atoms with van der Waals surface area (Å²) in [4.78, 5) is 0. The molecule has 1 aromatic carbocycles. The van der Waals surface area contributed by atoms with Gasteiger partial charge in [0.25, 0.3) is 0 Å². The van der Waals surface area contributed by atoms with Crippen molar-refractivity contribution < 1.29 is 4.74 Å². The second-order valence-electron chi connectivity index (χ2n) is 3.42. The molecule has 0 aliphatic carbocycles. The summed E-state index contributed by atoms with van der Waals surface area (Å²) in [6.45, 7) is 2.68. The minimum atomic E-state index is 0.189. The predicted octanol–water partition coefficient (Wildman–Crippen LogP) is 2.35. The summed E-state index contributed by atoms with van der Waals surface area (Å²) in [6.07, 6.45) is 2.07. The molecule has 0 radical (unpaired) electrons. The van der Waals surface area contributed by atoms with Crippen molar-refractivity contribution in [2.24, 2.45) is 5.84 Å². The fourth-order valence-corrected chi connectivity index (χ4v) is 1.50. The summed E-state index contributed by atoms with van der Waals surface area (Å²) in [5, 5.41) is 0.681. The normalized spacial score (nSPS) is 12.5. The van der Waals surface area contributed by atoms with Gasteiger partial charge in [-0.15, -0.1) is 0 Å². The summed E-state index contributed by atoms with van der Waals surface area (Å²) >= 11 is 5.83. The van der Waals surface area contributed by atoms with E-state index in [2.05, 4.69) is 12.3 Å². The molecule has 1 rings (SSSR count). The third-order valence-electron chi connectivity index (χ3n) is 2.12. The van der Waals surface area contributed by atoms with Crippen molar-refractivity contribution in [2.75, 3.05) is 6.61 Å². The molecule has 4 heteroatoms. The maximum absolute atomic E-state index is 5.83. The van der Waals surface area contributed by atoms with Crippen LogP contribution < -0.4 is 16.0 Å². The van der Waals surface area contributed by atoms with Crippen molar-refractivity contribution in [3.05, 3.63) is 29.3 Å². The Hall–Kier alpha value is -0.770. The number of hydrogen-bond acceptors (Lipinski definition) is 3. The Morgan fingerprint density at radius 2 is 2.33 bits per heavy atom. The lowest BCUT2D eigenvalue weighted by atomic mass is 10.2. The van der Waals surface area contributed by atoms with Gasteiger partial charge in [0, 0.05) is 5.02 Å². The van der Waals surface area contributed by atoms with Crippen LogP contribution in [0, 0.1) is 0 Å². The number of nitrogens with one attached hydrogen (secondary N) is 1. The van der Waals surface area contributed by atoms with Gasteiger partial charge in [0.1, 0.15) is 12.4 Å². The van der Waals surface area contributed by atoms with Gasteiger partial charge < -0.3 is 4.74 Å². The summed E-state index contributed by atoms with van der Waals surface area (Å²) in [5.41, 5.74) is 2.73. The smallest absolute Gasteiger partial charge is 0.120 e. The van der Waals surface area contributed by atoms with Crippen LogP contribution in [0.15, 0.2) is 24.3 Å². The van der Waals surface area contributed by atoms with Gasteiger partial charge in [-0.1, -0.05) is 31.0 Å². The number of benzene rings is 1. The lowest BCUT2D eigenvalue weighted by Gasteiger charge is -2.15. The first-order valence-corrected chi connectivity index (χ1v) is 5.48. The van der Waals surface area contributed by atoms with Gasteiger partial charge >= 0.3 is 0 Å². The topological polar surface area (TPSA) is 47.3 Å². The fraction of sp³-hybridized carbons (Fsp3) is 0.455. The molecule has 0 amide bonds. The Morgan fingerprint density at radius 1 is 1.53 bits per heavy atom. The van der Waals surface area contributed by atoms with E-state index < -0.39 is 0 Å². The standard InChI is InChI=1S/C11H17ClN2O/c1-2-4-10(14-13)8-15-11-6-3-5-9(12)7-11/h3,5-7,10,14H,2,4,8,13H2,1H3. The number of ether oxygens (including phenoxy) is 1. The van der Waals surface area contributed by atoms with Gasteiger partial charge in [-0.3, -0.25) is 11.3 Å². The molecule has 0 heterocycles. The zero-order valence-electron chi connectivity index (χ0n) is 8.87. The van der Waals surface area contributed by atoms with E-state index in [0.29, 0.717) is 11.6 Å². The maximum atomic E-state index is 5.83. The van der Waals surface area contributed by atoms with Gasteiger partial charge in [0.15, 0.2) is 0 Å². The number of hydrogen-bond donors (Lipinski definition) is 2. The molecule has 0 aliphatic rings. The van der Waals surface area contributed by atoms with Crippen LogP contribution in [0.2, 0.25) is 5.02 Å². The zero-order valence-corrected chi connectivity index (χ0v) is 9.63. The highest BCUT2D eigenvalue weighted by molar-refractivity contribution is 6.30. The first-order valence-electron chi connectivity index (χ1n) is 5.10. The molecule has 0 spiro atoms. The third-order valence-corrected chi connectivity index (χ3v) is 2.36. The molecular weight excluding hydrogens is 212 g/mol. The van der Waals surface area contributed by atoms with Crippen molar-refractivity contribution in [2.45, 2.75) is 25.8 Å². The number of nitrogens with two attached hydrogens (primary N) is 1. The van der Waals surface area contributed by atoms with E-state index in [-0.39, 0.29) is 6.04 Å². The molecule has 15 heavy (non-hydrogen) atoms. The molecule has 84 valence electrons. The van der Waals surface area contributed by atoms with Crippen LogP contribution in [0.1, 0.15) is 19.8 Å². The lowest BCUT2D eigenvalue weighted by molar-refractivity contribution is 0.257. The number of hydrazine groups is 1. The first kappa shape index (κ1) is 12.3. The van der Waals surface area contributed by atoms with Crippen LogP contribution in [0.4, 0.5) is 0 Å². The molecule has 1 unspecified atom stereocenters. The Balaban J connectivity index is 2.41. The minimum Gasteiger partial charge on any atom is -0.492 e. The van der Waals surface area contributed by atoms with Gasteiger partial charge in [0.2, 0.25) is 0 Å². The van der Waals surface area contributed by atoms with Gasteiger partial charge in [-0.05, 0) is 24.6 Å². The van der Waals surface area contributed by atoms with Crippen LogP contribution in [-0.2, 0) is 0 Å². The molecule has 0 saturated heterocycles. The van der Waals surface area contributed by atoms with E-state index in [4.69, 9.17) is 22.2 Å². The van der Waals surface area contributed by atoms with Crippen molar-refractivity contribution >= 4 is 11.6 Å². The first-order chi connectivity index (χ1) is 7.26. The summed E-state index contributed by atoms with van der Waals surface area (Å²) in [6, 6.07) is 7.54. The van der Waals surface area contributed by atoms with Crippen LogP contribution in [-0.4, -0.2) is 12.6 Å². The molecule has 0 bridgehead atoms. The quantitative estimate of drug-likeness (QED) is 0.581. The van der Waals surface area contributed by atoms with E-state index in [9.17, 15) is 0 Å². The molecule has 0 fully saturated rings. The predicted molar refractivity (Wildman–Crippen MR) is 63.0 cm³/mol. The van der Waals surface area contributed by atoms with E-state index in [0.717, 1.165) is 18.6 Å². The third kappa shape index (κ3) is 4.51. The van der Waals surface area contributed by atoms with Crippen LogP contribution in [0.3, 0.4) is 0 Å².